The highest BCUT2D eigenvalue weighted by atomic mass is 32.1. The van der Waals surface area contributed by atoms with Crippen molar-refractivity contribution < 1.29 is 5.11 Å². The lowest BCUT2D eigenvalue weighted by molar-refractivity contribution is 0.0719. The third-order valence-corrected chi connectivity index (χ3v) is 3.18. The van der Waals surface area contributed by atoms with Crippen LogP contribution < -0.4 is 0 Å². The van der Waals surface area contributed by atoms with Crippen LogP contribution in [0.4, 0.5) is 0 Å². The smallest absolute Gasteiger partial charge is 0.133 e. The van der Waals surface area contributed by atoms with Gasteiger partial charge in [-0.05, 0) is 23.2 Å². The first-order valence-electron chi connectivity index (χ1n) is 4.79. The Labute approximate surface area is 92.5 Å². The Morgan fingerprint density at radius 3 is 2.87 bits per heavy atom. The Balaban J connectivity index is 2.47. The van der Waals surface area contributed by atoms with Gasteiger partial charge in [0.1, 0.15) is 5.60 Å². The molecule has 1 unspecified atom stereocenters. The maximum atomic E-state index is 10.6. The largest absolute Gasteiger partial charge is 0.379 e. The summed E-state index contributed by atoms with van der Waals surface area (Å²) in [6, 6.07) is 1.92. The summed E-state index contributed by atoms with van der Waals surface area (Å²) in [5.41, 5.74) is 0.482. The molecule has 0 aromatic carbocycles. The number of nitrogens with zero attached hydrogens (tertiary/aromatic N) is 2. The quantitative estimate of drug-likeness (QED) is 0.862. The molecule has 2 aromatic rings. The number of aliphatic hydroxyl groups is 1. The van der Waals surface area contributed by atoms with Crippen LogP contribution in [0, 0.1) is 0 Å². The molecule has 0 bridgehead atoms. The zero-order chi connectivity index (χ0) is 10.7. The molecule has 0 radical (unpaired) electrons. The van der Waals surface area contributed by atoms with Crippen molar-refractivity contribution in [1.82, 2.24) is 9.97 Å². The summed E-state index contributed by atoms with van der Waals surface area (Å²) in [5, 5.41) is 14.4. The molecule has 2 heterocycles. The monoisotopic (exact) mass is 220 g/mol. The van der Waals surface area contributed by atoms with Gasteiger partial charge in [0, 0.05) is 18.0 Å². The van der Waals surface area contributed by atoms with Crippen LogP contribution in [-0.4, -0.2) is 15.1 Å². The molecule has 2 aromatic heterocycles. The molecule has 78 valence electrons. The number of aromatic nitrogens is 2. The molecule has 0 spiro atoms. The van der Waals surface area contributed by atoms with E-state index in [0.717, 1.165) is 5.56 Å². The first-order valence-corrected chi connectivity index (χ1v) is 5.73. The van der Waals surface area contributed by atoms with Gasteiger partial charge in [0.05, 0.1) is 11.9 Å². The fourth-order valence-corrected chi connectivity index (χ4v) is 2.27. The lowest BCUT2D eigenvalue weighted by atomic mass is 9.90. The van der Waals surface area contributed by atoms with Crippen molar-refractivity contribution in [2.75, 3.05) is 0 Å². The van der Waals surface area contributed by atoms with E-state index < -0.39 is 5.60 Å². The maximum Gasteiger partial charge on any atom is 0.133 e. The van der Waals surface area contributed by atoms with Gasteiger partial charge < -0.3 is 5.11 Å². The average molecular weight is 220 g/mol. The summed E-state index contributed by atoms with van der Waals surface area (Å²) in [6.07, 6.45) is 5.40. The van der Waals surface area contributed by atoms with Crippen LogP contribution in [0.15, 0.2) is 35.4 Å². The van der Waals surface area contributed by atoms with E-state index in [4.69, 9.17) is 0 Å². The summed E-state index contributed by atoms with van der Waals surface area (Å²) in [5.74, 6) is 0. The van der Waals surface area contributed by atoms with Gasteiger partial charge >= 0.3 is 0 Å². The van der Waals surface area contributed by atoms with Crippen LogP contribution in [0.2, 0.25) is 0 Å². The van der Waals surface area contributed by atoms with Crippen molar-refractivity contribution in [3.05, 3.63) is 46.7 Å². The molecular weight excluding hydrogens is 208 g/mol. The number of hydrogen-bond acceptors (Lipinski definition) is 4. The third kappa shape index (κ3) is 1.78. The lowest BCUT2D eigenvalue weighted by Crippen LogP contribution is -2.27. The minimum absolute atomic E-state index is 0.586. The summed E-state index contributed by atoms with van der Waals surface area (Å²) >= 11 is 1.57. The first-order chi connectivity index (χ1) is 7.27. The van der Waals surface area contributed by atoms with Crippen LogP contribution in [-0.2, 0) is 5.60 Å². The third-order valence-electron chi connectivity index (χ3n) is 2.50. The molecular formula is C11H12N2OS. The van der Waals surface area contributed by atoms with Crippen molar-refractivity contribution in [2.24, 2.45) is 0 Å². The highest BCUT2D eigenvalue weighted by Crippen LogP contribution is 2.32. The van der Waals surface area contributed by atoms with Crippen LogP contribution >= 0.6 is 11.3 Å². The van der Waals surface area contributed by atoms with Gasteiger partial charge in [0.25, 0.3) is 0 Å². The Hall–Kier alpha value is -1.26. The molecule has 3 nitrogen and oxygen atoms in total. The van der Waals surface area contributed by atoms with Crippen LogP contribution in [0.5, 0.6) is 0 Å². The minimum atomic E-state index is -1.01. The molecule has 0 aliphatic rings. The molecule has 0 saturated heterocycles. The molecule has 0 aliphatic carbocycles. The van der Waals surface area contributed by atoms with E-state index in [-0.39, 0.29) is 0 Å². The van der Waals surface area contributed by atoms with E-state index in [1.807, 2.05) is 23.8 Å². The Morgan fingerprint density at radius 1 is 1.47 bits per heavy atom. The summed E-state index contributed by atoms with van der Waals surface area (Å²) < 4.78 is 0. The Morgan fingerprint density at radius 2 is 2.33 bits per heavy atom. The molecule has 15 heavy (non-hydrogen) atoms. The van der Waals surface area contributed by atoms with E-state index in [9.17, 15) is 5.11 Å². The van der Waals surface area contributed by atoms with Crippen molar-refractivity contribution >= 4 is 11.3 Å². The van der Waals surface area contributed by atoms with Gasteiger partial charge in [-0.1, -0.05) is 6.92 Å². The second-order valence-electron chi connectivity index (χ2n) is 3.32. The predicted molar refractivity (Wildman–Crippen MR) is 59.6 cm³/mol. The second-order valence-corrected chi connectivity index (χ2v) is 4.10. The lowest BCUT2D eigenvalue weighted by Gasteiger charge is -2.24. The zero-order valence-electron chi connectivity index (χ0n) is 8.42. The minimum Gasteiger partial charge on any atom is -0.379 e. The second kappa shape index (κ2) is 4.08. The molecule has 0 fully saturated rings. The van der Waals surface area contributed by atoms with Gasteiger partial charge in [-0.25, -0.2) is 0 Å². The maximum absolute atomic E-state index is 10.6. The molecule has 2 rings (SSSR count). The number of rotatable bonds is 3. The van der Waals surface area contributed by atoms with Crippen LogP contribution in [0.25, 0.3) is 0 Å². The zero-order valence-corrected chi connectivity index (χ0v) is 9.24. The van der Waals surface area contributed by atoms with Gasteiger partial charge in [0.15, 0.2) is 0 Å². The normalized spacial score (nSPS) is 14.8. The highest BCUT2D eigenvalue weighted by molar-refractivity contribution is 7.08. The van der Waals surface area contributed by atoms with E-state index >= 15 is 0 Å². The van der Waals surface area contributed by atoms with Gasteiger partial charge in [0.2, 0.25) is 0 Å². The molecule has 0 amide bonds. The average Bonchev–Trinajstić information content (AvgIpc) is 2.83. The molecule has 0 saturated carbocycles. The van der Waals surface area contributed by atoms with Crippen molar-refractivity contribution in [1.29, 1.82) is 0 Å². The van der Waals surface area contributed by atoms with Gasteiger partial charge in [-0.2, -0.15) is 11.3 Å². The number of thiophene rings is 1. The van der Waals surface area contributed by atoms with Crippen molar-refractivity contribution in [3.8, 4) is 0 Å². The van der Waals surface area contributed by atoms with E-state index in [1.165, 1.54) is 0 Å². The van der Waals surface area contributed by atoms with Gasteiger partial charge in [-0.3, -0.25) is 9.97 Å². The highest BCUT2D eigenvalue weighted by Gasteiger charge is 2.31. The summed E-state index contributed by atoms with van der Waals surface area (Å²) in [4.78, 5) is 8.16. The van der Waals surface area contributed by atoms with Crippen molar-refractivity contribution in [2.45, 2.75) is 18.9 Å². The standard InChI is InChI=1S/C11H12N2OS/c1-2-11(14,9-3-6-15-8-9)10-7-12-4-5-13-10/h3-8,14H,2H2,1H3. The van der Waals surface area contributed by atoms with Gasteiger partial charge in [-0.15, -0.1) is 0 Å². The summed E-state index contributed by atoms with van der Waals surface area (Å²) in [6.45, 7) is 1.94. The predicted octanol–water partition coefficient (Wildman–Crippen LogP) is 2.18. The molecule has 0 aliphatic heterocycles. The molecule has 1 N–H and O–H groups in total. The van der Waals surface area contributed by atoms with E-state index in [0.29, 0.717) is 12.1 Å². The fraction of sp³-hybridized carbons (Fsp3) is 0.273. The SMILES string of the molecule is CCC(O)(c1ccsc1)c1cnccn1. The first kappa shape index (κ1) is 10.3. The van der Waals surface area contributed by atoms with E-state index in [2.05, 4.69) is 9.97 Å². The van der Waals surface area contributed by atoms with Crippen molar-refractivity contribution in [3.63, 3.8) is 0 Å². The summed E-state index contributed by atoms with van der Waals surface area (Å²) in [7, 11) is 0. The molecule has 1 atom stereocenters. The van der Waals surface area contributed by atoms with E-state index in [1.54, 1.807) is 29.9 Å². The Bertz CT molecular complexity index is 415. The Kier molecular flexibility index (Phi) is 2.79. The topological polar surface area (TPSA) is 46.0 Å². The van der Waals surface area contributed by atoms with Crippen LogP contribution in [0.3, 0.4) is 0 Å². The fourth-order valence-electron chi connectivity index (χ4n) is 1.55. The number of hydrogen-bond donors (Lipinski definition) is 1. The van der Waals surface area contributed by atoms with Crippen LogP contribution in [0.1, 0.15) is 24.6 Å². The molecule has 4 heteroatoms.